The molecule has 3 aromatic heterocycles. The number of fused-ring (bicyclic) bond motifs is 12. The maximum Gasteiger partial charge on any atom is 0.235 e. The Labute approximate surface area is 286 Å². The van der Waals surface area contributed by atoms with Crippen LogP contribution in [-0.2, 0) is 0 Å². The molecule has 4 heteroatoms. The van der Waals surface area contributed by atoms with Crippen LogP contribution in [0.1, 0.15) is 0 Å². The van der Waals surface area contributed by atoms with Gasteiger partial charge in [-0.2, -0.15) is 0 Å². The summed E-state index contributed by atoms with van der Waals surface area (Å²) in [7, 11) is 0. The van der Waals surface area contributed by atoms with Gasteiger partial charge in [0, 0.05) is 43.4 Å². The zero-order chi connectivity index (χ0) is 32.8. The Kier molecular flexibility index (Phi) is 5.63. The van der Waals surface area contributed by atoms with E-state index in [4.69, 9.17) is 14.4 Å². The predicted octanol–water partition coefficient (Wildman–Crippen LogP) is 12.3. The molecule has 0 spiro atoms. The largest absolute Gasteiger partial charge is 0.456 e. The van der Waals surface area contributed by atoms with Gasteiger partial charge in [-0.25, -0.2) is 9.97 Å². The molecular formula is C46H27N3O. The Morgan fingerprint density at radius 3 is 1.82 bits per heavy atom. The van der Waals surface area contributed by atoms with E-state index in [0.29, 0.717) is 5.95 Å². The van der Waals surface area contributed by atoms with Crippen molar-refractivity contribution in [2.75, 3.05) is 0 Å². The van der Waals surface area contributed by atoms with Gasteiger partial charge in [0.25, 0.3) is 0 Å². The second-order valence-corrected chi connectivity index (χ2v) is 12.9. The lowest BCUT2D eigenvalue weighted by Gasteiger charge is -2.15. The van der Waals surface area contributed by atoms with Crippen LogP contribution in [0.4, 0.5) is 0 Å². The van der Waals surface area contributed by atoms with E-state index in [1.807, 2.05) is 18.2 Å². The maximum atomic E-state index is 6.40. The molecule has 0 radical (unpaired) electrons. The van der Waals surface area contributed by atoms with Gasteiger partial charge in [-0.1, -0.05) is 146 Å². The van der Waals surface area contributed by atoms with Crippen LogP contribution in [0.2, 0.25) is 0 Å². The standard InChI is InChI=1S/C46H27N3O/c1-2-14-28(15-3-1)43-35-20-8-10-25-38(35)47-46(48-43)49-44-34(32-22-13-27-40-41(32)36-21-9-11-26-39(36)50-40)23-12-24-37(44)42-31-18-6-4-16-29(31)30-17-5-7-19-33(30)45(42)49/h1-27H. The quantitative estimate of drug-likeness (QED) is 0.181. The predicted molar refractivity (Wildman–Crippen MR) is 207 cm³/mol. The van der Waals surface area contributed by atoms with Gasteiger partial charge in [-0.15, -0.1) is 0 Å². The number of hydrogen-bond donors (Lipinski definition) is 0. The fraction of sp³-hybridized carbons (Fsp3) is 0. The molecule has 0 aliphatic rings. The minimum absolute atomic E-state index is 0.639. The van der Waals surface area contributed by atoms with E-state index in [1.165, 1.54) is 21.5 Å². The summed E-state index contributed by atoms with van der Waals surface area (Å²) in [5, 5.41) is 10.4. The molecule has 0 fully saturated rings. The first-order valence-corrected chi connectivity index (χ1v) is 16.9. The fourth-order valence-corrected chi connectivity index (χ4v) is 8.12. The van der Waals surface area contributed by atoms with E-state index in [2.05, 4.69) is 150 Å². The molecule has 0 aliphatic heterocycles. The average Bonchev–Trinajstić information content (AvgIpc) is 3.75. The molecular weight excluding hydrogens is 611 g/mol. The van der Waals surface area contributed by atoms with Crippen LogP contribution >= 0.6 is 0 Å². The van der Waals surface area contributed by atoms with Crippen molar-refractivity contribution < 1.29 is 4.42 Å². The van der Waals surface area contributed by atoms with E-state index < -0.39 is 0 Å². The van der Waals surface area contributed by atoms with Crippen molar-refractivity contribution in [3.63, 3.8) is 0 Å². The van der Waals surface area contributed by atoms with Gasteiger partial charge in [0.2, 0.25) is 5.95 Å². The van der Waals surface area contributed by atoms with Crippen molar-refractivity contribution >= 4 is 76.2 Å². The van der Waals surface area contributed by atoms with Gasteiger partial charge in [-0.05, 0) is 39.9 Å². The number of hydrogen-bond acceptors (Lipinski definition) is 3. The molecule has 3 heterocycles. The van der Waals surface area contributed by atoms with Gasteiger partial charge in [-0.3, -0.25) is 4.57 Å². The number of furan rings is 1. The van der Waals surface area contributed by atoms with E-state index in [1.54, 1.807) is 0 Å². The lowest BCUT2D eigenvalue weighted by molar-refractivity contribution is 0.669. The molecule has 4 nitrogen and oxygen atoms in total. The molecule has 0 saturated heterocycles. The molecule has 0 N–H and O–H groups in total. The van der Waals surface area contributed by atoms with Crippen LogP contribution in [0.15, 0.2) is 168 Å². The summed E-state index contributed by atoms with van der Waals surface area (Å²) in [5.74, 6) is 0.639. The zero-order valence-electron chi connectivity index (χ0n) is 26.8. The van der Waals surface area contributed by atoms with Crippen molar-refractivity contribution in [2.45, 2.75) is 0 Å². The smallest absolute Gasteiger partial charge is 0.235 e. The fourth-order valence-electron chi connectivity index (χ4n) is 8.12. The van der Waals surface area contributed by atoms with Gasteiger partial charge >= 0.3 is 0 Å². The molecule has 50 heavy (non-hydrogen) atoms. The third-order valence-electron chi connectivity index (χ3n) is 10.2. The summed E-state index contributed by atoms with van der Waals surface area (Å²) >= 11 is 0. The molecule has 8 aromatic carbocycles. The third kappa shape index (κ3) is 3.76. The van der Waals surface area contributed by atoms with Gasteiger partial charge < -0.3 is 4.42 Å². The van der Waals surface area contributed by atoms with Gasteiger partial charge in [0.05, 0.1) is 22.2 Å². The summed E-state index contributed by atoms with van der Waals surface area (Å²) in [6.07, 6.45) is 0. The average molecular weight is 638 g/mol. The SMILES string of the molecule is c1ccc(-c2nc(-n3c4c(-c5cccc6oc7ccccc7c56)cccc4c4c5ccccc5c5ccccc5c43)nc3ccccc23)cc1. The van der Waals surface area contributed by atoms with E-state index >= 15 is 0 Å². The second-order valence-electron chi connectivity index (χ2n) is 12.9. The number of benzene rings is 8. The molecule has 0 bridgehead atoms. The number of para-hydroxylation sites is 3. The molecule has 0 amide bonds. The van der Waals surface area contributed by atoms with E-state index in [-0.39, 0.29) is 0 Å². The third-order valence-corrected chi connectivity index (χ3v) is 10.2. The number of aromatic nitrogens is 3. The topological polar surface area (TPSA) is 43.9 Å². The summed E-state index contributed by atoms with van der Waals surface area (Å²) in [4.78, 5) is 10.8. The Balaban J connectivity index is 1.39. The summed E-state index contributed by atoms with van der Waals surface area (Å²) in [6.45, 7) is 0. The molecule has 0 aliphatic carbocycles. The van der Waals surface area contributed by atoms with E-state index in [0.717, 1.165) is 77.0 Å². The van der Waals surface area contributed by atoms with Gasteiger partial charge in [0.1, 0.15) is 11.2 Å². The first-order valence-electron chi connectivity index (χ1n) is 16.9. The monoisotopic (exact) mass is 637 g/mol. The lowest BCUT2D eigenvalue weighted by Crippen LogP contribution is -2.04. The molecule has 11 rings (SSSR count). The minimum atomic E-state index is 0.639. The normalized spacial score (nSPS) is 12.0. The van der Waals surface area contributed by atoms with Crippen LogP contribution in [0, 0.1) is 0 Å². The second kappa shape index (κ2) is 10.4. The molecule has 11 aromatic rings. The van der Waals surface area contributed by atoms with Crippen LogP contribution in [-0.4, -0.2) is 14.5 Å². The Bertz CT molecular complexity index is 3150. The molecule has 0 unspecified atom stereocenters. The maximum absolute atomic E-state index is 6.40. The highest BCUT2D eigenvalue weighted by molar-refractivity contribution is 6.33. The highest BCUT2D eigenvalue weighted by atomic mass is 16.3. The first kappa shape index (κ1) is 27.2. The van der Waals surface area contributed by atoms with Crippen molar-refractivity contribution in [1.82, 2.24) is 14.5 Å². The highest BCUT2D eigenvalue weighted by Gasteiger charge is 2.25. The van der Waals surface area contributed by atoms with Crippen LogP contribution in [0.25, 0.3) is 105 Å². The minimum Gasteiger partial charge on any atom is -0.456 e. The number of nitrogens with zero attached hydrogens (tertiary/aromatic N) is 3. The lowest BCUT2D eigenvalue weighted by atomic mass is 9.95. The molecule has 0 saturated carbocycles. The van der Waals surface area contributed by atoms with Crippen LogP contribution < -0.4 is 0 Å². The Morgan fingerprint density at radius 2 is 0.980 bits per heavy atom. The van der Waals surface area contributed by atoms with Crippen LogP contribution in [0.5, 0.6) is 0 Å². The first-order chi connectivity index (χ1) is 24.8. The Morgan fingerprint density at radius 1 is 0.380 bits per heavy atom. The van der Waals surface area contributed by atoms with Crippen molar-refractivity contribution in [3.05, 3.63) is 164 Å². The number of rotatable bonds is 3. The van der Waals surface area contributed by atoms with Crippen molar-refractivity contribution in [2.24, 2.45) is 0 Å². The Hall–Kier alpha value is -6.78. The van der Waals surface area contributed by atoms with Crippen molar-refractivity contribution in [3.8, 4) is 28.3 Å². The highest BCUT2D eigenvalue weighted by Crippen LogP contribution is 2.46. The molecule has 0 atom stereocenters. The molecule has 232 valence electrons. The van der Waals surface area contributed by atoms with Crippen LogP contribution in [0.3, 0.4) is 0 Å². The van der Waals surface area contributed by atoms with Gasteiger partial charge in [0.15, 0.2) is 0 Å². The summed E-state index contributed by atoms with van der Waals surface area (Å²) < 4.78 is 8.73. The summed E-state index contributed by atoms with van der Waals surface area (Å²) in [5.41, 5.74) is 8.98. The van der Waals surface area contributed by atoms with Crippen molar-refractivity contribution in [1.29, 1.82) is 0 Å². The van der Waals surface area contributed by atoms with E-state index in [9.17, 15) is 0 Å². The zero-order valence-corrected chi connectivity index (χ0v) is 26.8. The summed E-state index contributed by atoms with van der Waals surface area (Å²) in [6, 6.07) is 57.6.